The number of hydrogen-bond donors (Lipinski definition) is 0. The van der Waals surface area contributed by atoms with E-state index >= 15 is 0 Å². The fraction of sp³-hybridized carbons (Fsp3) is 0.440. The van der Waals surface area contributed by atoms with Gasteiger partial charge in [-0.05, 0) is 44.9 Å². The molecule has 0 spiro atoms. The summed E-state index contributed by atoms with van der Waals surface area (Å²) in [6.45, 7) is 3.34. The summed E-state index contributed by atoms with van der Waals surface area (Å²) in [5.41, 5.74) is -1.92. The second kappa shape index (κ2) is 10.4. The molecule has 2 aliphatic carbocycles. The summed E-state index contributed by atoms with van der Waals surface area (Å²) in [5, 5.41) is 0. The zero-order valence-electron chi connectivity index (χ0n) is 18.2. The van der Waals surface area contributed by atoms with Crippen molar-refractivity contribution in [3.63, 3.8) is 0 Å². The number of ketones is 1. The van der Waals surface area contributed by atoms with E-state index in [1.807, 2.05) is 6.29 Å². The maximum Gasteiger partial charge on any atom is 0.514 e. The maximum atomic E-state index is 13.8. The van der Waals surface area contributed by atoms with E-state index in [9.17, 15) is 19.2 Å². The third-order valence-corrected chi connectivity index (χ3v) is 5.57. The highest BCUT2D eigenvalue weighted by Crippen LogP contribution is 2.36. The molecule has 169 valence electrons. The molecule has 0 heterocycles. The van der Waals surface area contributed by atoms with Crippen LogP contribution < -0.4 is 4.74 Å². The number of para-hydroxylation sites is 1. The molecule has 1 aromatic carbocycles. The minimum Gasteiger partial charge on any atom is -0.445 e. The SMILES string of the molecule is CC(C)OC(=O)Oc1ccccc1C(=O)C1(OC(=O)C2CCCCC2)C=CC=CC1[C]=O. The van der Waals surface area contributed by atoms with Crippen LogP contribution in [0.5, 0.6) is 5.75 Å². The first-order valence-electron chi connectivity index (χ1n) is 10.9. The zero-order chi connectivity index (χ0) is 23.1. The smallest absolute Gasteiger partial charge is 0.445 e. The van der Waals surface area contributed by atoms with Crippen molar-refractivity contribution in [2.24, 2.45) is 11.8 Å². The fourth-order valence-corrected chi connectivity index (χ4v) is 3.96. The Labute approximate surface area is 187 Å². The Morgan fingerprint density at radius 1 is 1.06 bits per heavy atom. The third kappa shape index (κ3) is 5.15. The highest BCUT2D eigenvalue weighted by molar-refractivity contribution is 6.09. The van der Waals surface area contributed by atoms with Crippen LogP contribution >= 0.6 is 0 Å². The minimum atomic E-state index is -1.91. The number of benzene rings is 1. The van der Waals surface area contributed by atoms with Gasteiger partial charge in [0.1, 0.15) is 5.75 Å². The average Bonchev–Trinajstić information content (AvgIpc) is 2.79. The Kier molecular flexibility index (Phi) is 7.62. The number of allylic oxidation sites excluding steroid dienone is 2. The lowest BCUT2D eigenvalue weighted by atomic mass is 9.78. The highest BCUT2D eigenvalue weighted by Gasteiger charge is 2.49. The molecule has 2 unspecified atom stereocenters. The van der Waals surface area contributed by atoms with E-state index in [1.165, 1.54) is 24.3 Å². The first-order valence-corrected chi connectivity index (χ1v) is 10.9. The van der Waals surface area contributed by atoms with Gasteiger partial charge in [0.2, 0.25) is 17.7 Å². The number of carbonyl (C=O) groups is 3. The van der Waals surface area contributed by atoms with E-state index in [2.05, 4.69) is 0 Å². The molecule has 0 bridgehead atoms. The molecule has 0 saturated heterocycles. The quantitative estimate of drug-likeness (QED) is 0.350. The van der Waals surface area contributed by atoms with E-state index in [0.717, 1.165) is 19.3 Å². The molecule has 1 radical (unpaired) electrons. The van der Waals surface area contributed by atoms with Gasteiger partial charge in [0, 0.05) is 0 Å². The monoisotopic (exact) mass is 439 g/mol. The van der Waals surface area contributed by atoms with Gasteiger partial charge in [-0.3, -0.25) is 14.4 Å². The van der Waals surface area contributed by atoms with Gasteiger partial charge >= 0.3 is 12.1 Å². The second-order valence-corrected chi connectivity index (χ2v) is 8.23. The maximum absolute atomic E-state index is 13.8. The summed E-state index contributed by atoms with van der Waals surface area (Å²) in [6.07, 6.45) is 10.7. The number of rotatable bonds is 7. The molecule has 0 amide bonds. The molecule has 1 fully saturated rings. The summed E-state index contributed by atoms with van der Waals surface area (Å²) >= 11 is 0. The minimum absolute atomic E-state index is 0.00940. The molecule has 1 saturated carbocycles. The standard InChI is InChI=1S/C25H27O7/c1-17(2)30-24(29)31-21-14-7-6-13-20(21)22(27)25(15-9-8-12-19(25)16-26)32-23(28)18-10-4-3-5-11-18/h6-9,12-15,17-19H,3-5,10-11H2,1-2H3. The van der Waals surface area contributed by atoms with Crippen LogP contribution in [0.4, 0.5) is 4.79 Å². The molecule has 0 N–H and O–H groups in total. The van der Waals surface area contributed by atoms with Crippen molar-refractivity contribution in [2.75, 3.05) is 0 Å². The van der Waals surface area contributed by atoms with E-state index in [1.54, 1.807) is 38.1 Å². The van der Waals surface area contributed by atoms with Crippen molar-refractivity contribution < 1.29 is 33.4 Å². The molecular formula is C25H27O7. The van der Waals surface area contributed by atoms with Crippen LogP contribution in [-0.2, 0) is 19.1 Å². The van der Waals surface area contributed by atoms with Gasteiger partial charge in [0.05, 0.1) is 23.5 Å². The van der Waals surface area contributed by atoms with Crippen molar-refractivity contribution in [3.05, 3.63) is 54.1 Å². The topological polar surface area (TPSA) is 96.0 Å². The Balaban J connectivity index is 1.96. The molecular weight excluding hydrogens is 412 g/mol. The van der Waals surface area contributed by atoms with Crippen molar-refractivity contribution in [1.82, 2.24) is 0 Å². The number of hydrogen-bond acceptors (Lipinski definition) is 7. The Morgan fingerprint density at radius 3 is 2.47 bits per heavy atom. The van der Waals surface area contributed by atoms with Crippen molar-refractivity contribution in [1.29, 1.82) is 0 Å². The molecule has 0 aromatic heterocycles. The lowest BCUT2D eigenvalue weighted by Crippen LogP contribution is -2.50. The third-order valence-electron chi connectivity index (χ3n) is 5.57. The summed E-state index contributed by atoms with van der Waals surface area (Å²) in [7, 11) is 0. The summed E-state index contributed by atoms with van der Waals surface area (Å²) in [5.74, 6) is -2.71. The zero-order valence-corrected chi connectivity index (χ0v) is 18.2. The average molecular weight is 439 g/mol. The molecule has 2 atom stereocenters. The molecule has 7 heteroatoms. The molecule has 1 aromatic rings. The molecule has 3 rings (SSSR count). The Hall–Kier alpha value is -3.22. The first-order chi connectivity index (χ1) is 15.4. The normalized spacial score (nSPS) is 22.9. The largest absolute Gasteiger partial charge is 0.514 e. The number of ether oxygens (including phenoxy) is 3. The van der Waals surface area contributed by atoms with E-state index in [0.29, 0.717) is 12.8 Å². The van der Waals surface area contributed by atoms with Gasteiger partial charge in [-0.25, -0.2) is 4.79 Å². The van der Waals surface area contributed by atoms with Gasteiger partial charge < -0.3 is 14.2 Å². The Morgan fingerprint density at radius 2 is 1.78 bits per heavy atom. The lowest BCUT2D eigenvalue weighted by molar-refractivity contribution is -0.159. The van der Waals surface area contributed by atoms with Crippen molar-refractivity contribution in [2.45, 2.75) is 57.7 Å². The van der Waals surface area contributed by atoms with Crippen LogP contribution in [0.3, 0.4) is 0 Å². The van der Waals surface area contributed by atoms with Crippen molar-refractivity contribution in [3.8, 4) is 5.75 Å². The fourth-order valence-electron chi connectivity index (χ4n) is 3.96. The lowest BCUT2D eigenvalue weighted by Gasteiger charge is -2.35. The van der Waals surface area contributed by atoms with Gasteiger partial charge in [0.15, 0.2) is 0 Å². The molecule has 0 aliphatic heterocycles. The molecule has 2 aliphatic rings. The van der Waals surface area contributed by atoms with Gasteiger partial charge in [0.25, 0.3) is 0 Å². The van der Waals surface area contributed by atoms with E-state index in [4.69, 9.17) is 14.2 Å². The first kappa shape index (κ1) is 23.4. The van der Waals surface area contributed by atoms with Gasteiger partial charge in [-0.2, -0.15) is 0 Å². The van der Waals surface area contributed by atoms with Crippen LogP contribution in [0.25, 0.3) is 0 Å². The number of esters is 1. The van der Waals surface area contributed by atoms with Crippen LogP contribution in [0, 0.1) is 11.8 Å². The van der Waals surface area contributed by atoms with E-state index < -0.39 is 35.5 Å². The number of carbonyl (C=O) groups excluding carboxylic acids is 4. The summed E-state index contributed by atoms with van der Waals surface area (Å²) < 4.78 is 16.0. The predicted octanol–water partition coefficient (Wildman–Crippen LogP) is 4.51. The number of Topliss-reactive ketones (excluding diaryl/α,β-unsaturated/α-hetero) is 1. The predicted molar refractivity (Wildman–Crippen MR) is 116 cm³/mol. The van der Waals surface area contributed by atoms with Crippen LogP contribution in [-0.4, -0.2) is 35.9 Å². The molecule has 7 nitrogen and oxygen atoms in total. The Bertz CT molecular complexity index is 924. The van der Waals surface area contributed by atoms with Crippen LogP contribution in [0.15, 0.2) is 48.6 Å². The summed E-state index contributed by atoms with van der Waals surface area (Å²) in [4.78, 5) is 50.6. The van der Waals surface area contributed by atoms with Crippen LogP contribution in [0.1, 0.15) is 56.3 Å². The summed E-state index contributed by atoms with van der Waals surface area (Å²) in [6, 6.07) is 6.07. The molecule has 32 heavy (non-hydrogen) atoms. The second-order valence-electron chi connectivity index (χ2n) is 8.23. The highest BCUT2D eigenvalue weighted by atomic mass is 16.7. The van der Waals surface area contributed by atoms with Gasteiger partial charge in [-0.1, -0.05) is 49.6 Å². The van der Waals surface area contributed by atoms with Crippen LogP contribution in [0.2, 0.25) is 0 Å². The van der Waals surface area contributed by atoms with Crippen molar-refractivity contribution >= 4 is 24.2 Å². The van der Waals surface area contributed by atoms with E-state index in [-0.39, 0.29) is 17.2 Å². The van der Waals surface area contributed by atoms with Gasteiger partial charge in [-0.15, -0.1) is 0 Å².